The molecular formula is C21H20O. The van der Waals surface area contributed by atoms with Crippen LogP contribution < -0.4 is 0 Å². The van der Waals surface area contributed by atoms with Gasteiger partial charge in [0.2, 0.25) is 0 Å². The van der Waals surface area contributed by atoms with Gasteiger partial charge in [0.15, 0.2) is 0 Å². The molecule has 0 N–H and O–H groups in total. The summed E-state index contributed by atoms with van der Waals surface area (Å²) in [5, 5.41) is 5.61. The third kappa shape index (κ3) is 1.96. The number of ether oxygens (including phenoxy) is 1. The summed E-state index contributed by atoms with van der Waals surface area (Å²) >= 11 is 0. The second-order valence-corrected chi connectivity index (χ2v) is 6.80. The van der Waals surface area contributed by atoms with Crippen LogP contribution in [0.1, 0.15) is 36.3 Å². The molecular weight excluding hydrogens is 268 g/mol. The number of fused-ring (bicyclic) bond motifs is 5. The van der Waals surface area contributed by atoms with Crippen molar-refractivity contribution < 1.29 is 4.74 Å². The smallest absolute Gasteiger partial charge is 0.0815 e. The average molecular weight is 288 g/mol. The van der Waals surface area contributed by atoms with Gasteiger partial charge in [-0.2, -0.15) is 0 Å². The van der Waals surface area contributed by atoms with Crippen LogP contribution in [0.25, 0.3) is 21.5 Å². The van der Waals surface area contributed by atoms with E-state index in [9.17, 15) is 0 Å². The summed E-state index contributed by atoms with van der Waals surface area (Å²) in [7, 11) is 0. The zero-order valence-corrected chi connectivity index (χ0v) is 12.7. The molecule has 0 bridgehead atoms. The summed E-state index contributed by atoms with van der Waals surface area (Å²) in [5.41, 5.74) is 3.18. The molecule has 110 valence electrons. The quantitative estimate of drug-likeness (QED) is 0.466. The van der Waals surface area contributed by atoms with E-state index in [1.807, 2.05) is 0 Å². The molecule has 2 unspecified atom stereocenters. The van der Waals surface area contributed by atoms with Crippen molar-refractivity contribution in [2.45, 2.75) is 37.7 Å². The first kappa shape index (κ1) is 12.7. The summed E-state index contributed by atoms with van der Waals surface area (Å²) in [6.07, 6.45) is 5.62. The van der Waals surface area contributed by atoms with Gasteiger partial charge in [-0.15, -0.1) is 0 Å². The van der Waals surface area contributed by atoms with Gasteiger partial charge in [-0.05, 0) is 64.3 Å². The van der Waals surface area contributed by atoms with Crippen molar-refractivity contribution in [1.29, 1.82) is 0 Å². The molecule has 1 heterocycles. The van der Waals surface area contributed by atoms with Gasteiger partial charge in [-0.1, -0.05) is 48.5 Å². The zero-order chi connectivity index (χ0) is 14.5. The topological polar surface area (TPSA) is 12.5 Å². The highest BCUT2D eigenvalue weighted by Crippen LogP contribution is 2.41. The normalized spacial score (nSPS) is 23.6. The summed E-state index contributed by atoms with van der Waals surface area (Å²) in [5.74, 6) is 0.701. The van der Waals surface area contributed by atoms with E-state index in [2.05, 4.69) is 48.5 Å². The highest BCUT2D eigenvalue weighted by atomic mass is 16.6. The van der Waals surface area contributed by atoms with Gasteiger partial charge in [-0.3, -0.25) is 0 Å². The lowest BCUT2D eigenvalue weighted by Crippen LogP contribution is -2.12. The third-order valence-electron chi connectivity index (χ3n) is 5.44. The fourth-order valence-electron chi connectivity index (χ4n) is 4.28. The lowest BCUT2D eigenvalue weighted by atomic mass is 9.78. The minimum atomic E-state index is 0.531. The SMILES string of the molecule is c1ccc2c(c1)ccc1c3c(ccc12)C(CC1CO1)CCC3. The van der Waals surface area contributed by atoms with Gasteiger partial charge in [0, 0.05) is 0 Å². The van der Waals surface area contributed by atoms with Gasteiger partial charge in [0.05, 0.1) is 12.7 Å². The second kappa shape index (κ2) is 4.82. The first-order valence-electron chi connectivity index (χ1n) is 8.45. The van der Waals surface area contributed by atoms with E-state index in [0.29, 0.717) is 12.0 Å². The van der Waals surface area contributed by atoms with E-state index < -0.39 is 0 Å². The van der Waals surface area contributed by atoms with E-state index in [1.165, 1.54) is 47.2 Å². The first-order chi connectivity index (χ1) is 10.9. The van der Waals surface area contributed by atoms with Crippen molar-refractivity contribution in [2.75, 3.05) is 6.61 Å². The van der Waals surface area contributed by atoms with Crippen LogP contribution >= 0.6 is 0 Å². The van der Waals surface area contributed by atoms with Crippen molar-refractivity contribution in [3.05, 3.63) is 59.7 Å². The molecule has 2 atom stereocenters. The number of hydrogen-bond acceptors (Lipinski definition) is 1. The molecule has 0 radical (unpaired) electrons. The standard InChI is InChI=1S/C21H20O/c1-2-6-17-14(4-1)8-9-21-19-7-3-5-15(12-16-13-22-16)18(19)10-11-20(17)21/h1-2,4,6,8-11,15-16H,3,5,7,12-13H2. The molecule has 1 aliphatic carbocycles. The molecule has 3 aromatic carbocycles. The number of epoxide rings is 1. The van der Waals surface area contributed by atoms with E-state index in [4.69, 9.17) is 4.74 Å². The first-order valence-corrected chi connectivity index (χ1v) is 8.45. The maximum Gasteiger partial charge on any atom is 0.0815 e. The van der Waals surface area contributed by atoms with Crippen LogP contribution in [0.15, 0.2) is 48.5 Å². The molecule has 1 aliphatic heterocycles. The van der Waals surface area contributed by atoms with Gasteiger partial charge in [0.1, 0.15) is 0 Å². The highest BCUT2D eigenvalue weighted by molar-refractivity contribution is 6.08. The third-order valence-corrected chi connectivity index (χ3v) is 5.44. The van der Waals surface area contributed by atoms with Crippen LogP contribution in [0.2, 0.25) is 0 Å². The molecule has 0 spiro atoms. The molecule has 0 amide bonds. The van der Waals surface area contributed by atoms with E-state index >= 15 is 0 Å². The van der Waals surface area contributed by atoms with Crippen molar-refractivity contribution in [3.63, 3.8) is 0 Å². The molecule has 1 heteroatoms. The van der Waals surface area contributed by atoms with E-state index in [0.717, 1.165) is 6.61 Å². The molecule has 1 saturated heterocycles. The fourth-order valence-corrected chi connectivity index (χ4v) is 4.28. The molecule has 2 aliphatic rings. The number of benzene rings is 3. The van der Waals surface area contributed by atoms with Crippen LogP contribution in [-0.4, -0.2) is 12.7 Å². The molecule has 0 saturated carbocycles. The predicted octanol–water partition coefficient (Wildman–Crippen LogP) is 5.20. The molecule has 5 rings (SSSR count). The molecule has 1 fully saturated rings. The Labute approximate surface area is 130 Å². The lowest BCUT2D eigenvalue weighted by Gasteiger charge is -2.26. The Kier molecular flexibility index (Phi) is 2.78. The van der Waals surface area contributed by atoms with Gasteiger partial charge in [0.25, 0.3) is 0 Å². The molecule has 22 heavy (non-hydrogen) atoms. The summed E-state index contributed by atoms with van der Waals surface area (Å²) in [6.45, 7) is 0.976. The Balaban J connectivity index is 1.72. The molecule has 1 nitrogen and oxygen atoms in total. The van der Waals surface area contributed by atoms with Gasteiger partial charge in [-0.25, -0.2) is 0 Å². The number of rotatable bonds is 2. The minimum Gasteiger partial charge on any atom is -0.373 e. The lowest BCUT2D eigenvalue weighted by molar-refractivity contribution is 0.369. The Hall–Kier alpha value is -1.86. The van der Waals surface area contributed by atoms with Crippen molar-refractivity contribution in [1.82, 2.24) is 0 Å². The minimum absolute atomic E-state index is 0.531. The number of aryl methyl sites for hydroxylation is 1. The summed E-state index contributed by atoms with van der Waals surface area (Å²) in [6, 6.07) is 18.1. The van der Waals surface area contributed by atoms with Crippen LogP contribution in [0.5, 0.6) is 0 Å². The molecule has 3 aromatic rings. The Morgan fingerprint density at radius 2 is 1.77 bits per heavy atom. The Morgan fingerprint density at radius 1 is 0.909 bits per heavy atom. The van der Waals surface area contributed by atoms with Crippen molar-refractivity contribution in [3.8, 4) is 0 Å². The van der Waals surface area contributed by atoms with Crippen LogP contribution in [0.3, 0.4) is 0 Å². The van der Waals surface area contributed by atoms with E-state index in [1.54, 1.807) is 11.1 Å². The largest absolute Gasteiger partial charge is 0.373 e. The molecule has 0 aromatic heterocycles. The Morgan fingerprint density at radius 3 is 2.68 bits per heavy atom. The summed E-state index contributed by atoms with van der Waals surface area (Å²) < 4.78 is 5.47. The fraction of sp³-hybridized carbons (Fsp3) is 0.333. The Bertz CT molecular complexity index is 860. The summed E-state index contributed by atoms with van der Waals surface area (Å²) in [4.78, 5) is 0. The van der Waals surface area contributed by atoms with Gasteiger partial charge < -0.3 is 4.74 Å². The average Bonchev–Trinajstić information content (AvgIpc) is 3.38. The maximum atomic E-state index is 5.47. The van der Waals surface area contributed by atoms with Crippen LogP contribution in [-0.2, 0) is 11.2 Å². The van der Waals surface area contributed by atoms with Crippen molar-refractivity contribution in [2.24, 2.45) is 0 Å². The van der Waals surface area contributed by atoms with E-state index in [-0.39, 0.29) is 0 Å². The maximum absolute atomic E-state index is 5.47. The zero-order valence-electron chi connectivity index (χ0n) is 12.7. The van der Waals surface area contributed by atoms with Crippen LogP contribution in [0, 0.1) is 0 Å². The highest BCUT2D eigenvalue weighted by Gasteiger charge is 2.30. The number of hydrogen-bond donors (Lipinski definition) is 0. The second-order valence-electron chi connectivity index (χ2n) is 6.80. The monoisotopic (exact) mass is 288 g/mol. The predicted molar refractivity (Wildman–Crippen MR) is 91.5 cm³/mol. The van der Waals surface area contributed by atoms with Crippen LogP contribution in [0.4, 0.5) is 0 Å². The van der Waals surface area contributed by atoms with Gasteiger partial charge >= 0.3 is 0 Å². The van der Waals surface area contributed by atoms with Crippen molar-refractivity contribution >= 4 is 21.5 Å².